The zero-order valence-corrected chi connectivity index (χ0v) is 13.0. The van der Waals surface area contributed by atoms with Crippen LogP contribution in [0.25, 0.3) is 0 Å². The summed E-state index contributed by atoms with van der Waals surface area (Å²) in [4.78, 5) is 11.2. The molecule has 1 aromatic rings. The van der Waals surface area contributed by atoms with Gasteiger partial charge in [0, 0.05) is 25.7 Å². The van der Waals surface area contributed by atoms with E-state index in [1.807, 2.05) is 0 Å². The lowest BCUT2D eigenvalue weighted by Gasteiger charge is -2.35. The number of hydrogen-bond acceptors (Lipinski definition) is 3. The van der Waals surface area contributed by atoms with Gasteiger partial charge in [0.15, 0.2) is 11.6 Å². The Morgan fingerprint density at radius 1 is 1.26 bits per heavy atom. The molecular formula is C13H15F3N2O4S. The summed E-state index contributed by atoms with van der Waals surface area (Å²) < 4.78 is 66.6. The van der Waals surface area contributed by atoms with E-state index in [0.29, 0.717) is 33.6 Å². The third-order valence-corrected chi connectivity index (χ3v) is 5.58. The lowest BCUT2D eigenvalue weighted by Crippen LogP contribution is -2.52. The van der Waals surface area contributed by atoms with E-state index in [4.69, 9.17) is 5.11 Å². The highest BCUT2D eigenvalue weighted by atomic mass is 32.2. The van der Waals surface area contributed by atoms with Crippen LogP contribution in [-0.4, -0.2) is 43.4 Å². The van der Waals surface area contributed by atoms with E-state index in [-0.39, 0.29) is 13.0 Å². The predicted octanol–water partition coefficient (Wildman–Crippen LogP) is 1.72. The molecule has 23 heavy (non-hydrogen) atoms. The summed E-state index contributed by atoms with van der Waals surface area (Å²) >= 11 is 0. The summed E-state index contributed by atoms with van der Waals surface area (Å²) in [5, 5.41) is 9.15. The number of carbonyl (C=O) groups is 1. The molecule has 1 aromatic carbocycles. The number of rotatable bonds is 4. The van der Waals surface area contributed by atoms with Crippen LogP contribution in [0.5, 0.6) is 0 Å². The summed E-state index contributed by atoms with van der Waals surface area (Å²) in [6.45, 7) is -0.0753. The number of halogens is 3. The Kier molecular flexibility index (Phi) is 4.85. The van der Waals surface area contributed by atoms with Gasteiger partial charge in [-0.3, -0.25) is 9.10 Å². The Bertz CT molecular complexity index is 703. The number of hydrogen-bond donors (Lipinski definition) is 1. The molecule has 0 aromatic heterocycles. The van der Waals surface area contributed by atoms with Crippen molar-refractivity contribution < 1.29 is 31.5 Å². The SMILES string of the molecule is CN(c1c(F)cc(F)cc1F)S(=O)(=O)N1CCCCC1C(=O)O. The summed E-state index contributed by atoms with van der Waals surface area (Å²) in [6.07, 6.45) is 1.08. The molecule has 1 aliphatic heterocycles. The smallest absolute Gasteiger partial charge is 0.322 e. The summed E-state index contributed by atoms with van der Waals surface area (Å²) in [6, 6.07) is -0.590. The van der Waals surface area contributed by atoms with E-state index < -0.39 is 45.4 Å². The molecule has 0 amide bonds. The van der Waals surface area contributed by atoms with Crippen LogP contribution in [0.4, 0.5) is 18.9 Å². The van der Waals surface area contributed by atoms with Crippen LogP contribution in [-0.2, 0) is 15.0 Å². The molecule has 1 unspecified atom stereocenters. The second-order valence-corrected chi connectivity index (χ2v) is 7.07. The van der Waals surface area contributed by atoms with Crippen molar-refractivity contribution in [2.24, 2.45) is 0 Å². The van der Waals surface area contributed by atoms with Crippen molar-refractivity contribution in [2.45, 2.75) is 25.3 Å². The van der Waals surface area contributed by atoms with Crippen LogP contribution >= 0.6 is 0 Å². The number of carboxylic acid groups (broad SMARTS) is 1. The van der Waals surface area contributed by atoms with Crippen molar-refractivity contribution in [1.82, 2.24) is 4.31 Å². The molecule has 0 aliphatic carbocycles. The topological polar surface area (TPSA) is 77.9 Å². The van der Waals surface area contributed by atoms with Crippen LogP contribution in [0.1, 0.15) is 19.3 Å². The van der Waals surface area contributed by atoms with Crippen molar-refractivity contribution in [3.05, 3.63) is 29.6 Å². The molecule has 2 rings (SSSR count). The van der Waals surface area contributed by atoms with Crippen LogP contribution in [0, 0.1) is 17.5 Å². The van der Waals surface area contributed by atoms with Crippen molar-refractivity contribution in [2.75, 3.05) is 17.9 Å². The number of aliphatic carboxylic acids is 1. The standard InChI is InChI=1S/C13H15F3N2O4S/c1-17(12-9(15)6-8(14)7-10(12)16)23(21,22)18-5-3-2-4-11(18)13(19)20/h6-7,11H,2-5H2,1H3,(H,19,20). The van der Waals surface area contributed by atoms with Crippen LogP contribution in [0.2, 0.25) is 0 Å². The maximum Gasteiger partial charge on any atom is 0.322 e. The zero-order chi connectivity index (χ0) is 17.4. The molecule has 0 bridgehead atoms. The highest BCUT2D eigenvalue weighted by Crippen LogP contribution is 2.29. The summed E-state index contributed by atoms with van der Waals surface area (Å²) in [7, 11) is -3.59. The Hall–Kier alpha value is -1.81. The molecule has 0 saturated carbocycles. The third-order valence-electron chi connectivity index (χ3n) is 3.68. The molecule has 6 nitrogen and oxygen atoms in total. The minimum absolute atomic E-state index is 0.0753. The van der Waals surface area contributed by atoms with Crippen LogP contribution in [0.3, 0.4) is 0 Å². The minimum atomic E-state index is -4.48. The zero-order valence-electron chi connectivity index (χ0n) is 12.2. The molecule has 1 N–H and O–H groups in total. The lowest BCUT2D eigenvalue weighted by atomic mass is 10.1. The fourth-order valence-corrected chi connectivity index (χ4v) is 4.13. The van der Waals surface area contributed by atoms with Gasteiger partial charge in [0.2, 0.25) is 0 Å². The van der Waals surface area contributed by atoms with Crippen molar-refractivity contribution in [3.8, 4) is 0 Å². The molecule has 0 radical (unpaired) electrons. The number of nitrogens with zero attached hydrogens (tertiary/aromatic N) is 2. The fraction of sp³-hybridized carbons (Fsp3) is 0.462. The number of benzene rings is 1. The number of carboxylic acids is 1. The van der Waals surface area contributed by atoms with E-state index in [9.17, 15) is 26.4 Å². The Labute approximate surface area is 131 Å². The molecule has 1 heterocycles. The molecule has 0 spiro atoms. The average Bonchev–Trinajstić information content (AvgIpc) is 2.45. The predicted molar refractivity (Wildman–Crippen MR) is 75.6 cm³/mol. The van der Waals surface area contributed by atoms with Crippen molar-refractivity contribution in [3.63, 3.8) is 0 Å². The maximum absolute atomic E-state index is 13.8. The maximum atomic E-state index is 13.8. The second kappa shape index (κ2) is 6.36. The molecule has 10 heteroatoms. The first kappa shape index (κ1) is 17.5. The highest BCUT2D eigenvalue weighted by molar-refractivity contribution is 7.90. The van der Waals surface area contributed by atoms with Crippen molar-refractivity contribution >= 4 is 21.9 Å². The first-order valence-corrected chi connectivity index (χ1v) is 8.19. The van der Waals surface area contributed by atoms with Crippen LogP contribution < -0.4 is 4.31 Å². The quantitative estimate of drug-likeness (QED) is 0.895. The molecule has 128 valence electrons. The molecule has 1 atom stereocenters. The molecule has 1 saturated heterocycles. The Balaban J connectivity index is 2.44. The Morgan fingerprint density at radius 2 is 1.83 bits per heavy atom. The number of anilines is 1. The van der Waals surface area contributed by atoms with Gasteiger partial charge in [-0.05, 0) is 19.3 Å². The van der Waals surface area contributed by atoms with Gasteiger partial charge < -0.3 is 5.11 Å². The van der Waals surface area contributed by atoms with E-state index in [0.717, 1.165) is 7.05 Å². The lowest BCUT2D eigenvalue weighted by molar-refractivity contribution is -0.142. The Morgan fingerprint density at radius 3 is 2.35 bits per heavy atom. The van der Waals surface area contributed by atoms with E-state index in [1.165, 1.54) is 0 Å². The van der Waals surface area contributed by atoms with Gasteiger partial charge in [0.25, 0.3) is 0 Å². The summed E-state index contributed by atoms with van der Waals surface area (Å²) in [5.74, 6) is -5.30. The normalized spacial score (nSPS) is 19.6. The van der Waals surface area contributed by atoms with Gasteiger partial charge in [-0.2, -0.15) is 12.7 Å². The van der Waals surface area contributed by atoms with E-state index in [1.54, 1.807) is 0 Å². The third kappa shape index (κ3) is 3.27. The fourth-order valence-electron chi connectivity index (χ4n) is 2.54. The first-order chi connectivity index (χ1) is 10.7. The van der Waals surface area contributed by atoms with E-state index >= 15 is 0 Å². The molecule has 1 aliphatic rings. The van der Waals surface area contributed by atoms with Gasteiger partial charge >= 0.3 is 16.2 Å². The largest absolute Gasteiger partial charge is 0.480 e. The van der Waals surface area contributed by atoms with Gasteiger partial charge in [-0.15, -0.1) is 0 Å². The second-order valence-electron chi connectivity index (χ2n) is 5.15. The average molecular weight is 352 g/mol. The van der Waals surface area contributed by atoms with Gasteiger partial charge in [0.05, 0.1) is 0 Å². The monoisotopic (exact) mass is 352 g/mol. The first-order valence-electron chi connectivity index (χ1n) is 6.79. The molecule has 1 fully saturated rings. The molecular weight excluding hydrogens is 337 g/mol. The van der Waals surface area contributed by atoms with E-state index in [2.05, 4.69) is 0 Å². The van der Waals surface area contributed by atoms with Gasteiger partial charge in [0.1, 0.15) is 17.5 Å². The van der Waals surface area contributed by atoms with Crippen molar-refractivity contribution in [1.29, 1.82) is 0 Å². The summed E-state index contributed by atoms with van der Waals surface area (Å²) in [5.41, 5.74) is -0.957. The van der Waals surface area contributed by atoms with Gasteiger partial charge in [-0.25, -0.2) is 13.2 Å². The minimum Gasteiger partial charge on any atom is -0.480 e. The number of piperidine rings is 1. The van der Waals surface area contributed by atoms with Crippen LogP contribution in [0.15, 0.2) is 12.1 Å². The highest BCUT2D eigenvalue weighted by Gasteiger charge is 2.40. The van der Waals surface area contributed by atoms with Gasteiger partial charge in [-0.1, -0.05) is 0 Å².